The second kappa shape index (κ2) is 4.42. The van der Waals surface area contributed by atoms with E-state index in [-0.39, 0.29) is 17.1 Å². The van der Waals surface area contributed by atoms with Gasteiger partial charge >= 0.3 is 0 Å². The van der Waals surface area contributed by atoms with Gasteiger partial charge in [0.1, 0.15) is 11.5 Å². The molecule has 0 spiro atoms. The fourth-order valence-corrected chi connectivity index (χ4v) is 1.97. The maximum absolute atomic E-state index is 11.8. The number of benzene rings is 1. The van der Waals surface area contributed by atoms with Crippen molar-refractivity contribution in [1.82, 2.24) is 4.98 Å². The van der Waals surface area contributed by atoms with E-state index in [0.717, 1.165) is 10.9 Å². The lowest BCUT2D eigenvalue weighted by Crippen LogP contribution is -2.11. The fourth-order valence-electron chi connectivity index (χ4n) is 1.31. The zero-order valence-electron chi connectivity index (χ0n) is 8.97. The van der Waals surface area contributed by atoms with Crippen molar-refractivity contribution < 1.29 is 15.0 Å². The number of phenols is 2. The van der Waals surface area contributed by atoms with Crippen LogP contribution in [0.4, 0.5) is 5.13 Å². The highest BCUT2D eigenvalue weighted by molar-refractivity contribution is 7.15. The molecule has 6 heteroatoms. The Balaban J connectivity index is 2.19. The lowest BCUT2D eigenvalue weighted by atomic mass is 10.2. The van der Waals surface area contributed by atoms with Gasteiger partial charge in [0, 0.05) is 22.7 Å². The molecule has 0 aliphatic heterocycles. The molecular weight excluding hydrogens is 240 g/mol. The number of hydrogen-bond acceptors (Lipinski definition) is 5. The molecule has 0 fully saturated rings. The third-order valence-electron chi connectivity index (χ3n) is 2.01. The van der Waals surface area contributed by atoms with Crippen molar-refractivity contribution in [1.29, 1.82) is 0 Å². The number of hydrogen-bond donors (Lipinski definition) is 3. The number of nitrogens with one attached hydrogen (secondary N) is 1. The van der Waals surface area contributed by atoms with Crippen LogP contribution in [-0.2, 0) is 0 Å². The first kappa shape index (κ1) is 11.4. The molecule has 0 saturated heterocycles. The van der Waals surface area contributed by atoms with Gasteiger partial charge in [-0.2, -0.15) is 0 Å². The quantitative estimate of drug-likeness (QED) is 0.762. The smallest absolute Gasteiger partial charge is 0.257 e. The van der Waals surface area contributed by atoms with Crippen molar-refractivity contribution in [2.45, 2.75) is 6.92 Å². The molecule has 1 heterocycles. The van der Waals surface area contributed by atoms with Crippen LogP contribution in [0.25, 0.3) is 0 Å². The van der Waals surface area contributed by atoms with Gasteiger partial charge in [0.25, 0.3) is 5.91 Å². The summed E-state index contributed by atoms with van der Waals surface area (Å²) in [5, 5.41) is 21.6. The summed E-state index contributed by atoms with van der Waals surface area (Å²) in [6.45, 7) is 1.88. The van der Waals surface area contributed by atoms with Gasteiger partial charge in [0.2, 0.25) is 0 Å². The van der Waals surface area contributed by atoms with Crippen LogP contribution in [0.5, 0.6) is 11.5 Å². The topological polar surface area (TPSA) is 82.5 Å². The van der Waals surface area contributed by atoms with Gasteiger partial charge in [-0.05, 0) is 19.1 Å². The summed E-state index contributed by atoms with van der Waals surface area (Å²) >= 11 is 1.35. The molecule has 1 aromatic heterocycles. The SMILES string of the molecule is Cc1cnc(NC(=O)c2cc(O)cc(O)c2)s1. The van der Waals surface area contributed by atoms with E-state index in [9.17, 15) is 15.0 Å². The van der Waals surface area contributed by atoms with Crippen LogP contribution >= 0.6 is 11.3 Å². The molecule has 1 aromatic carbocycles. The van der Waals surface area contributed by atoms with Crippen LogP contribution < -0.4 is 5.32 Å². The summed E-state index contributed by atoms with van der Waals surface area (Å²) in [5.74, 6) is -0.749. The summed E-state index contributed by atoms with van der Waals surface area (Å²) in [7, 11) is 0. The first-order valence-corrected chi connectivity index (χ1v) is 5.63. The number of aromatic nitrogens is 1. The molecule has 0 atom stereocenters. The van der Waals surface area contributed by atoms with Crippen LogP contribution in [0.15, 0.2) is 24.4 Å². The molecule has 17 heavy (non-hydrogen) atoms. The number of aromatic hydroxyl groups is 2. The van der Waals surface area contributed by atoms with E-state index in [0.29, 0.717) is 5.13 Å². The number of aryl methyl sites for hydroxylation is 1. The predicted molar refractivity (Wildman–Crippen MR) is 64.6 cm³/mol. The minimum atomic E-state index is -0.425. The normalized spacial score (nSPS) is 10.2. The second-order valence-electron chi connectivity index (χ2n) is 3.47. The van der Waals surface area contributed by atoms with E-state index in [1.54, 1.807) is 6.20 Å². The van der Waals surface area contributed by atoms with Gasteiger partial charge in [-0.15, -0.1) is 11.3 Å². The molecule has 5 nitrogen and oxygen atoms in total. The average Bonchev–Trinajstić information content (AvgIpc) is 2.62. The molecule has 88 valence electrons. The summed E-state index contributed by atoms with van der Waals surface area (Å²) in [5.41, 5.74) is 0.176. The minimum Gasteiger partial charge on any atom is -0.508 e. The lowest BCUT2D eigenvalue weighted by Gasteiger charge is -2.03. The Morgan fingerprint density at radius 3 is 2.47 bits per heavy atom. The van der Waals surface area contributed by atoms with E-state index >= 15 is 0 Å². The summed E-state index contributed by atoms with van der Waals surface area (Å²) in [4.78, 5) is 16.7. The Kier molecular flexibility index (Phi) is 2.97. The predicted octanol–water partition coefficient (Wildman–Crippen LogP) is 2.12. The minimum absolute atomic E-state index is 0.162. The number of anilines is 1. The maximum Gasteiger partial charge on any atom is 0.257 e. The highest BCUT2D eigenvalue weighted by Gasteiger charge is 2.10. The Bertz CT molecular complexity index is 545. The number of amides is 1. The number of nitrogens with zero attached hydrogens (tertiary/aromatic N) is 1. The molecule has 0 saturated carbocycles. The molecule has 0 aliphatic carbocycles. The zero-order valence-corrected chi connectivity index (χ0v) is 9.78. The lowest BCUT2D eigenvalue weighted by molar-refractivity contribution is 0.102. The third-order valence-corrected chi connectivity index (χ3v) is 2.83. The molecular formula is C11H10N2O3S. The van der Waals surface area contributed by atoms with Gasteiger partial charge < -0.3 is 10.2 Å². The molecule has 2 rings (SSSR count). The largest absolute Gasteiger partial charge is 0.508 e. The molecule has 3 N–H and O–H groups in total. The summed E-state index contributed by atoms with van der Waals surface area (Å²) < 4.78 is 0. The highest BCUT2D eigenvalue weighted by Crippen LogP contribution is 2.22. The van der Waals surface area contributed by atoms with Crippen LogP contribution in [0, 0.1) is 6.92 Å². The number of carbonyl (C=O) groups is 1. The summed E-state index contributed by atoms with van der Waals surface area (Å²) in [6.07, 6.45) is 1.65. The Hall–Kier alpha value is -2.08. The van der Waals surface area contributed by atoms with Crippen molar-refractivity contribution in [3.05, 3.63) is 34.8 Å². The van der Waals surface area contributed by atoms with Crippen LogP contribution in [-0.4, -0.2) is 21.1 Å². The van der Waals surface area contributed by atoms with Crippen molar-refractivity contribution in [3.8, 4) is 11.5 Å². The van der Waals surface area contributed by atoms with Crippen molar-refractivity contribution in [3.63, 3.8) is 0 Å². The first-order chi connectivity index (χ1) is 8.04. The molecule has 1 amide bonds. The maximum atomic E-state index is 11.8. The standard InChI is InChI=1S/C11H10N2O3S/c1-6-5-12-11(17-6)13-10(16)7-2-8(14)4-9(15)3-7/h2-5,14-15H,1H3,(H,12,13,16). The van der Waals surface area contributed by atoms with Crippen LogP contribution in [0.3, 0.4) is 0 Å². The van der Waals surface area contributed by atoms with E-state index in [1.165, 1.54) is 23.5 Å². The van der Waals surface area contributed by atoms with Crippen LogP contribution in [0.2, 0.25) is 0 Å². The Morgan fingerprint density at radius 1 is 1.29 bits per heavy atom. The number of phenolic OH excluding ortho intramolecular Hbond substituents is 2. The van der Waals surface area contributed by atoms with Crippen molar-refractivity contribution >= 4 is 22.4 Å². The molecule has 2 aromatic rings. The van der Waals surface area contributed by atoms with Gasteiger partial charge in [0.05, 0.1) is 0 Å². The van der Waals surface area contributed by atoms with E-state index < -0.39 is 5.91 Å². The van der Waals surface area contributed by atoms with Crippen LogP contribution in [0.1, 0.15) is 15.2 Å². The third kappa shape index (κ3) is 2.73. The monoisotopic (exact) mass is 250 g/mol. The summed E-state index contributed by atoms with van der Waals surface area (Å²) in [6, 6.07) is 3.70. The van der Waals surface area contributed by atoms with E-state index in [1.807, 2.05) is 6.92 Å². The van der Waals surface area contributed by atoms with Gasteiger partial charge in [-0.1, -0.05) is 0 Å². The van der Waals surface area contributed by atoms with E-state index in [2.05, 4.69) is 10.3 Å². The number of carbonyl (C=O) groups excluding carboxylic acids is 1. The fraction of sp³-hybridized carbons (Fsp3) is 0.0909. The molecule has 0 radical (unpaired) electrons. The van der Waals surface area contributed by atoms with E-state index in [4.69, 9.17) is 0 Å². The van der Waals surface area contributed by atoms with Crippen molar-refractivity contribution in [2.24, 2.45) is 0 Å². The Labute approximate surface area is 101 Å². The first-order valence-electron chi connectivity index (χ1n) is 4.81. The average molecular weight is 250 g/mol. The second-order valence-corrected chi connectivity index (χ2v) is 4.70. The number of thiazole rings is 1. The molecule has 0 aliphatic rings. The number of rotatable bonds is 2. The molecule has 0 unspecified atom stereocenters. The van der Waals surface area contributed by atoms with Gasteiger partial charge in [-0.3, -0.25) is 10.1 Å². The highest BCUT2D eigenvalue weighted by atomic mass is 32.1. The zero-order chi connectivity index (χ0) is 12.4. The Morgan fingerprint density at radius 2 is 1.94 bits per heavy atom. The molecule has 0 bridgehead atoms. The van der Waals surface area contributed by atoms with Gasteiger partial charge in [-0.25, -0.2) is 4.98 Å². The van der Waals surface area contributed by atoms with Crippen molar-refractivity contribution in [2.75, 3.05) is 5.32 Å². The van der Waals surface area contributed by atoms with Gasteiger partial charge in [0.15, 0.2) is 5.13 Å².